The molecule has 0 aliphatic carbocycles. The lowest BCUT2D eigenvalue weighted by Gasteiger charge is -2.13. The van der Waals surface area contributed by atoms with Gasteiger partial charge in [-0.25, -0.2) is 4.98 Å². The van der Waals surface area contributed by atoms with Gasteiger partial charge >= 0.3 is 0 Å². The molecule has 1 aromatic carbocycles. The van der Waals surface area contributed by atoms with E-state index in [2.05, 4.69) is 28.8 Å². The Morgan fingerprint density at radius 2 is 2.15 bits per heavy atom. The van der Waals surface area contributed by atoms with Gasteiger partial charge in [-0.1, -0.05) is 25.4 Å². The van der Waals surface area contributed by atoms with Crippen LogP contribution in [0.4, 0.5) is 0 Å². The van der Waals surface area contributed by atoms with Crippen molar-refractivity contribution in [2.45, 2.75) is 26.7 Å². The minimum Gasteiger partial charge on any atom is -0.493 e. The van der Waals surface area contributed by atoms with E-state index in [0.29, 0.717) is 24.0 Å². The van der Waals surface area contributed by atoms with Crippen molar-refractivity contribution in [1.29, 1.82) is 0 Å². The topological polar surface area (TPSA) is 63.4 Å². The smallest absolute Gasteiger partial charge is 0.174 e. The molecule has 4 rings (SSSR count). The molecule has 1 N–H and O–H groups in total. The molecule has 1 aliphatic heterocycles. The molecule has 0 spiro atoms. The van der Waals surface area contributed by atoms with Gasteiger partial charge in [-0.05, 0) is 36.2 Å². The van der Waals surface area contributed by atoms with E-state index in [1.165, 1.54) is 0 Å². The normalized spacial score (nSPS) is 13.2. The Morgan fingerprint density at radius 3 is 2.96 bits per heavy atom. The van der Waals surface area contributed by atoms with Gasteiger partial charge in [0.15, 0.2) is 11.6 Å². The lowest BCUT2D eigenvalue weighted by Crippen LogP contribution is -2.06. The van der Waals surface area contributed by atoms with Gasteiger partial charge in [-0.2, -0.15) is 0 Å². The van der Waals surface area contributed by atoms with E-state index < -0.39 is 0 Å². The van der Waals surface area contributed by atoms with Crippen LogP contribution in [-0.2, 0) is 12.8 Å². The SMILES string of the molecule is CC(C)COc1ccc(Cl)cc1Cc1ccc(-c2nc3c([nH]2)CCN=C3)o1. The highest BCUT2D eigenvalue weighted by Crippen LogP contribution is 2.28. The quantitative estimate of drug-likeness (QED) is 0.656. The molecule has 0 bridgehead atoms. The molecule has 3 aromatic rings. The first-order valence-corrected chi connectivity index (χ1v) is 9.55. The number of rotatable bonds is 6. The summed E-state index contributed by atoms with van der Waals surface area (Å²) in [6.07, 6.45) is 3.30. The third-order valence-electron chi connectivity index (χ3n) is 4.37. The number of furan rings is 1. The third kappa shape index (κ3) is 4.08. The molecule has 140 valence electrons. The van der Waals surface area contributed by atoms with Crippen molar-refractivity contribution in [2.24, 2.45) is 10.9 Å². The standard InChI is InChI=1S/C21H22ClN3O2/c1-13(2)12-26-19-5-3-15(22)9-14(19)10-16-4-6-20(27-16)21-24-17-7-8-23-11-18(17)25-21/h3-6,9,11,13H,7-8,10,12H2,1-2H3,(H,24,25). The molecule has 1 aliphatic rings. The van der Waals surface area contributed by atoms with Crippen molar-refractivity contribution in [2.75, 3.05) is 13.2 Å². The summed E-state index contributed by atoms with van der Waals surface area (Å²) in [7, 11) is 0. The average molecular weight is 384 g/mol. The summed E-state index contributed by atoms with van der Waals surface area (Å²) >= 11 is 6.19. The van der Waals surface area contributed by atoms with Crippen LogP contribution >= 0.6 is 11.6 Å². The Balaban J connectivity index is 1.55. The summed E-state index contributed by atoms with van der Waals surface area (Å²) in [5.41, 5.74) is 3.01. The van der Waals surface area contributed by atoms with Gasteiger partial charge in [0.2, 0.25) is 0 Å². The van der Waals surface area contributed by atoms with Crippen molar-refractivity contribution in [1.82, 2.24) is 9.97 Å². The monoisotopic (exact) mass is 383 g/mol. The number of H-pyrrole nitrogens is 1. The van der Waals surface area contributed by atoms with Crippen molar-refractivity contribution in [3.05, 3.63) is 58.1 Å². The molecule has 0 atom stereocenters. The summed E-state index contributed by atoms with van der Waals surface area (Å²) in [6, 6.07) is 9.61. The minimum absolute atomic E-state index is 0.456. The summed E-state index contributed by atoms with van der Waals surface area (Å²) in [5.74, 6) is 3.60. The maximum absolute atomic E-state index is 6.19. The maximum atomic E-state index is 6.19. The van der Waals surface area contributed by atoms with Crippen LogP contribution in [0.1, 0.15) is 36.6 Å². The van der Waals surface area contributed by atoms with Crippen LogP contribution in [0, 0.1) is 5.92 Å². The highest BCUT2D eigenvalue weighted by Gasteiger charge is 2.16. The van der Waals surface area contributed by atoms with Gasteiger partial charge < -0.3 is 14.1 Å². The Hall–Kier alpha value is -2.53. The lowest BCUT2D eigenvalue weighted by molar-refractivity contribution is 0.268. The molecule has 0 amide bonds. The van der Waals surface area contributed by atoms with Gasteiger partial charge in [0.1, 0.15) is 17.2 Å². The van der Waals surface area contributed by atoms with E-state index in [1.54, 1.807) is 0 Å². The summed E-state index contributed by atoms with van der Waals surface area (Å²) in [4.78, 5) is 12.2. The zero-order valence-corrected chi connectivity index (χ0v) is 16.2. The number of ether oxygens (including phenoxy) is 1. The van der Waals surface area contributed by atoms with Crippen molar-refractivity contribution in [3.8, 4) is 17.3 Å². The first kappa shape index (κ1) is 17.9. The number of aliphatic imine (C=N–C) groups is 1. The molecule has 0 saturated carbocycles. The van der Waals surface area contributed by atoms with Crippen LogP contribution in [0.2, 0.25) is 5.02 Å². The van der Waals surface area contributed by atoms with Crippen LogP contribution in [-0.4, -0.2) is 29.3 Å². The maximum Gasteiger partial charge on any atom is 0.174 e. The fourth-order valence-electron chi connectivity index (χ4n) is 3.04. The minimum atomic E-state index is 0.456. The van der Waals surface area contributed by atoms with Crippen LogP contribution < -0.4 is 4.74 Å². The zero-order chi connectivity index (χ0) is 18.8. The van der Waals surface area contributed by atoms with Crippen LogP contribution in [0.3, 0.4) is 0 Å². The summed E-state index contributed by atoms with van der Waals surface area (Å²) < 4.78 is 12.0. The van der Waals surface area contributed by atoms with Crippen LogP contribution in [0.15, 0.2) is 39.7 Å². The molecule has 27 heavy (non-hydrogen) atoms. The number of aromatic amines is 1. The van der Waals surface area contributed by atoms with E-state index in [-0.39, 0.29) is 0 Å². The van der Waals surface area contributed by atoms with Crippen molar-refractivity contribution >= 4 is 17.8 Å². The molecule has 0 saturated heterocycles. The number of imidazole rings is 1. The molecule has 0 radical (unpaired) electrons. The molecule has 3 heterocycles. The first-order valence-electron chi connectivity index (χ1n) is 9.17. The van der Waals surface area contributed by atoms with E-state index in [4.69, 9.17) is 20.8 Å². The molecule has 0 fully saturated rings. The Labute approximate surface area is 163 Å². The number of benzene rings is 1. The molecule has 2 aromatic heterocycles. The number of aromatic nitrogens is 2. The Kier molecular flexibility index (Phi) is 5.03. The van der Waals surface area contributed by atoms with Crippen molar-refractivity contribution in [3.63, 3.8) is 0 Å². The summed E-state index contributed by atoms with van der Waals surface area (Å²) in [5, 5.41) is 0.687. The lowest BCUT2D eigenvalue weighted by atomic mass is 10.1. The number of halogens is 1. The molecular formula is C21H22ClN3O2. The fourth-order valence-corrected chi connectivity index (χ4v) is 3.23. The first-order chi connectivity index (χ1) is 13.1. The second kappa shape index (κ2) is 7.61. The molecule has 5 nitrogen and oxygen atoms in total. The highest BCUT2D eigenvalue weighted by atomic mass is 35.5. The highest BCUT2D eigenvalue weighted by molar-refractivity contribution is 6.30. The van der Waals surface area contributed by atoms with Gasteiger partial charge in [-0.3, -0.25) is 4.99 Å². The number of hydrogen-bond acceptors (Lipinski definition) is 4. The van der Waals surface area contributed by atoms with Crippen LogP contribution in [0.5, 0.6) is 5.75 Å². The van der Waals surface area contributed by atoms with E-state index in [9.17, 15) is 0 Å². The number of nitrogens with zero attached hydrogens (tertiary/aromatic N) is 2. The van der Waals surface area contributed by atoms with Gasteiger partial charge in [0.25, 0.3) is 0 Å². The predicted molar refractivity (Wildman–Crippen MR) is 107 cm³/mol. The number of fused-ring (bicyclic) bond motifs is 1. The predicted octanol–water partition coefficient (Wildman–Crippen LogP) is 4.92. The zero-order valence-electron chi connectivity index (χ0n) is 15.5. The summed E-state index contributed by atoms with van der Waals surface area (Å²) in [6.45, 7) is 5.72. The van der Waals surface area contributed by atoms with E-state index in [1.807, 2.05) is 36.5 Å². The average Bonchev–Trinajstić information content (AvgIpc) is 3.27. The van der Waals surface area contributed by atoms with Gasteiger partial charge in [0, 0.05) is 41.9 Å². The second-order valence-electron chi connectivity index (χ2n) is 7.13. The van der Waals surface area contributed by atoms with Crippen molar-refractivity contribution < 1.29 is 9.15 Å². The number of nitrogens with one attached hydrogen (secondary N) is 1. The van der Waals surface area contributed by atoms with Gasteiger partial charge in [-0.15, -0.1) is 0 Å². The van der Waals surface area contributed by atoms with Gasteiger partial charge in [0.05, 0.1) is 6.61 Å². The van der Waals surface area contributed by atoms with E-state index in [0.717, 1.165) is 53.0 Å². The largest absolute Gasteiger partial charge is 0.493 e. The fraction of sp³-hybridized carbons (Fsp3) is 0.333. The Bertz CT molecular complexity index is 972. The second-order valence-corrected chi connectivity index (χ2v) is 7.57. The molecule has 0 unspecified atom stereocenters. The Morgan fingerprint density at radius 1 is 1.26 bits per heavy atom. The third-order valence-corrected chi connectivity index (χ3v) is 4.60. The van der Waals surface area contributed by atoms with E-state index >= 15 is 0 Å². The molecule has 6 heteroatoms. The molecular weight excluding hydrogens is 362 g/mol. The number of hydrogen-bond donors (Lipinski definition) is 1. The van der Waals surface area contributed by atoms with Crippen LogP contribution in [0.25, 0.3) is 11.6 Å².